The maximum Gasteiger partial charge on any atom is 0.161 e. The smallest absolute Gasteiger partial charge is 0.161 e. The van der Waals surface area contributed by atoms with Crippen LogP contribution in [0.1, 0.15) is 24.2 Å². The molecular weight excluding hydrogens is 232 g/mol. The highest BCUT2D eigenvalue weighted by atomic mass is 32.2. The molecule has 1 aromatic rings. The molecular formula is C13H20N2OS. The van der Waals surface area contributed by atoms with Crippen molar-refractivity contribution in [3.8, 4) is 0 Å². The summed E-state index contributed by atoms with van der Waals surface area (Å²) in [5.74, 6) is 1.73. The summed E-state index contributed by atoms with van der Waals surface area (Å²) in [6.45, 7) is 4.64. The minimum atomic E-state index is 0.00307. The first-order chi connectivity index (χ1) is 8.04. The molecule has 0 radical (unpaired) electrons. The van der Waals surface area contributed by atoms with Crippen LogP contribution in [0, 0.1) is 5.92 Å². The van der Waals surface area contributed by atoms with Crippen LogP contribution in [0.25, 0.3) is 0 Å². The Balaban J connectivity index is 2.66. The molecule has 1 aromatic carbocycles. The van der Waals surface area contributed by atoms with Gasteiger partial charge in [-0.15, -0.1) is 0 Å². The molecule has 0 spiro atoms. The van der Waals surface area contributed by atoms with Crippen molar-refractivity contribution < 1.29 is 4.79 Å². The Morgan fingerprint density at radius 1 is 1.53 bits per heavy atom. The molecule has 3 N–H and O–H groups in total. The van der Waals surface area contributed by atoms with Gasteiger partial charge in [0.15, 0.2) is 5.78 Å². The van der Waals surface area contributed by atoms with E-state index in [0.717, 1.165) is 18.0 Å². The maximum absolute atomic E-state index is 11.3. The van der Waals surface area contributed by atoms with Gasteiger partial charge < -0.3 is 11.1 Å². The summed E-state index contributed by atoms with van der Waals surface area (Å²) in [7, 11) is 0. The molecule has 1 atom stereocenters. The summed E-state index contributed by atoms with van der Waals surface area (Å²) in [6, 6.07) is 5.51. The molecule has 0 saturated carbocycles. The lowest BCUT2D eigenvalue weighted by Gasteiger charge is -2.13. The zero-order valence-electron chi connectivity index (χ0n) is 10.6. The molecule has 3 nitrogen and oxygen atoms in total. The highest BCUT2D eigenvalue weighted by Crippen LogP contribution is 2.18. The number of nitrogens with two attached hydrogens (primary N) is 1. The first-order valence-electron chi connectivity index (χ1n) is 5.68. The lowest BCUT2D eigenvalue weighted by molar-refractivity contribution is 0.101. The van der Waals surface area contributed by atoms with Gasteiger partial charge in [0.1, 0.15) is 0 Å². The molecule has 17 heavy (non-hydrogen) atoms. The van der Waals surface area contributed by atoms with Gasteiger partial charge in [0.05, 0.1) is 0 Å². The van der Waals surface area contributed by atoms with E-state index in [4.69, 9.17) is 5.73 Å². The Labute approximate surface area is 107 Å². The van der Waals surface area contributed by atoms with Gasteiger partial charge in [0.2, 0.25) is 0 Å². The van der Waals surface area contributed by atoms with Crippen LogP contribution in [0.15, 0.2) is 18.2 Å². The van der Waals surface area contributed by atoms with Crippen molar-refractivity contribution in [2.75, 3.05) is 29.6 Å². The van der Waals surface area contributed by atoms with Crippen LogP contribution in [0.3, 0.4) is 0 Å². The largest absolute Gasteiger partial charge is 0.398 e. The number of thioether (sulfide) groups is 1. The second-order valence-electron chi connectivity index (χ2n) is 4.30. The number of anilines is 2. The third kappa shape index (κ3) is 4.30. The predicted molar refractivity (Wildman–Crippen MR) is 76.9 cm³/mol. The van der Waals surface area contributed by atoms with Crippen molar-refractivity contribution in [2.45, 2.75) is 13.8 Å². The number of Topliss-reactive ketones (excluding diaryl/α,β-unsaturated/α-hetero) is 1. The van der Waals surface area contributed by atoms with E-state index < -0.39 is 0 Å². The van der Waals surface area contributed by atoms with Crippen LogP contribution >= 0.6 is 11.8 Å². The van der Waals surface area contributed by atoms with Gasteiger partial charge in [-0.2, -0.15) is 11.8 Å². The van der Waals surface area contributed by atoms with Crippen LogP contribution in [-0.4, -0.2) is 24.3 Å². The van der Waals surface area contributed by atoms with Crippen molar-refractivity contribution in [3.63, 3.8) is 0 Å². The fourth-order valence-electron chi connectivity index (χ4n) is 1.61. The number of benzene rings is 1. The van der Waals surface area contributed by atoms with E-state index in [0.29, 0.717) is 17.2 Å². The van der Waals surface area contributed by atoms with E-state index in [2.05, 4.69) is 18.5 Å². The predicted octanol–water partition coefficient (Wildman–Crippen LogP) is 2.88. The summed E-state index contributed by atoms with van der Waals surface area (Å²) in [6.07, 6.45) is 2.10. The number of nitrogen functional groups attached to an aromatic ring is 1. The van der Waals surface area contributed by atoms with Crippen molar-refractivity contribution in [3.05, 3.63) is 23.8 Å². The van der Waals surface area contributed by atoms with Gasteiger partial charge in [-0.05, 0) is 43.0 Å². The second kappa shape index (κ2) is 6.55. The van der Waals surface area contributed by atoms with Gasteiger partial charge in [-0.1, -0.05) is 6.92 Å². The molecule has 1 unspecified atom stereocenters. The van der Waals surface area contributed by atoms with Gasteiger partial charge >= 0.3 is 0 Å². The number of rotatable bonds is 6. The molecule has 4 heteroatoms. The maximum atomic E-state index is 11.3. The minimum absolute atomic E-state index is 0.00307. The topological polar surface area (TPSA) is 55.1 Å². The van der Waals surface area contributed by atoms with Gasteiger partial charge in [-0.3, -0.25) is 4.79 Å². The fourth-order valence-corrected chi connectivity index (χ4v) is 2.29. The van der Waals surface area contributed by atoms with Gasteiger partial charge in [-0.25, -0.2) is 0 Å². The Morgan fingerprint density at radius 2 is 2.24 bits per heavy atom. The fraction of sp³-hybridized carbons (Fsp3) is 0.462. The average molecular weight is 252 g/mol. The van der Waals surface area contributed by atoms with Gasteiger partial charge in [0.25, 0.3) is 0 Å². The zero-order chi connectivity index (χ0) is 12.8. The summed E-state index contributed by atoms with van der Waals surface area (Å²) in [4.78, 5) is 11.3. The van der Waals surface area contributed by atoms with E-state index in [1.54, 1.807) is 6.07 Å². The zero-order valence-corrected chi connectivity index (χ0v) is 11.4. The van der Waals surface area contributed by atoms with E-state index in [1.807, 2.05) is 23.9 Å². The van der Waals surface area contributed by atoms with Crippen molar-refractivity contribution in [1.29, 1.82) is 0 Å². The van der Waals surface area contributed by atoms with Crippen molar-refractivity contribution in [1.82, 2.24) is 0 Å². The second-order valence-corrected chi connectivity index (χ2v) is 5.21. The molecule has 0 bridgehead atoms. The van der Waals surface area contributed by atoms with E-state index in [9.17, 15) is 4.79 Å². The Morgan fingerprint density at radius 3 is 2.82 bits per heavy atom. The van der Waals surface area contributed by atoms with Crippen LogP contribution in [0.5, 0.6) is 0 Å². The van der Waals surface area contributed by atoms with Crippen molar-refractivity contribution >= 4 is 28.9 Å². The molecule has 0 amide bonds. The Kier molecular flexibility index (Phi) is 5.35. The molecule has 0 fully saturated rings. The number of ketones is 1. The van der Waals surface area contributed by atoms with Crippen LogP contribution < -0.4 is 11.1 Å². The first kappa shape index (κ1) is 13.9. The molecule has 0 aliphatic rings. The van der Waals surface area contributed by atoms with E-state index in [1.165, 1.54) is 6.92 Å². The average Bonchev–Trinajstić information content (AvgIpc) is 2.28. The molecule has 0 saturated heterocycles. The summed E-state index contributed by atoms with van der Waals surface area (Å²) >= 11 is 1.84. The number of nitrogens with one attached hydrogen (secondary N) is 1. The molecule has 0 aromatic heterocycles. The Hall–Kier alpha value is -1.16. The molecule has 0 aliphatic heterocycles. The number of hydrogen-bond acceptors (Lipinski definition) is 4. The van der Waals surface area contributed by atoms with Gasteiger partial charge in [0, 0.05) is 23.5 Å². The molecule has 0 heterocycles. The number of carbonyl (C=O) groups is 1. The molecule has 94 valence electrons. The highest BCUT2D eigenvalue weighted by Gasteiger charge is 2.06. The van der Waals surface area contributed by atoms with E-state index in [-0.39, 0.29) is 5.78 Å². The highest BCUT2D eigenvalue weighted by molar-refractivity contribution is 7.98. The molecule has 0 aliphatic carbocycles. The normalized spacial score (nSPS) is 12.2. The number of hydrogen-bond donors (Lipinski definition) is 2. The van der Waals surface area contributed by atoms with Crippen LogP contribution in [0.4, 0.5) is 11.4 Å². The van der Waals surface area contributed by atoms with E-state index >= 15 is 0 Å². The summed E-state index contributed by atoms with van der Waals surface area (Å²) in [5.41, 5.74) is 7.83. The lowest BCUT2D eigenvalue weighted by atomic mass is 10.1. The summed E-state index contributed by atoms with van der Waals surface area (Å²) < 4.78 is 0. The van der Waals surface area contributed by atoms with Crippen LogP contribution in [-0.2, 0) is 0 Å². The first-order valence-corrected chi connectivity index (χ1v) is 7.07. The standard InChI is InChI=1S/C13H20N2OS/c1-9(8-17-3)7-15-11-4-5-13(14)12(6-11)10(2)16/h4-6,9,15H,7-8,14H2,1-3H3. The molecule has 1 rings (SSSR count). The Bertz CT molecular complexity index is 393. The summed E-state index contributed by atoms with van der Waals surface area (Å²) in [5, 5.41) is 3.33. The SMILES string of the molecule is CSCC(C)CNc1ccc(N)c(C(C)=O)c1. The monoisotopic (exact) mass is 252 g/mol. The van der Waals surface area contributed by atoms with Crippen molar-refractivity contribution in [2.24, 2.45) is 5.92 Å². The minimum Gasteiger partial charge on any atom is -0.398 e. The lowest BCUT2D eigenvalue weighted by Crippen LogP contribution is -2.13. The number of carbonyl (C=O) groups excluding carboxylic acids is 1. The third-order valence-electron chi connectivity index (χ3n) is 2.54. The third-order valence-corrected chi connectivity index (χ3v) is 3.44. The quantitative estimate of drug-likeness (QED) is 0.604. The van der Waals surface area contributed by atoms with Crippen LogP contribution in [0.2, 0.25) is 0 Å².